The highest BCUT2D eigenvalue weighted by atomic mass is 16.7. The van der Waals surface area contributed by atoms with E-state index in [9.17, 15) is 35.1 Å². The van der Waals surface area contributed by atoms with Gasteiger partial charge in [0.25, 0.3) is 0 Å². The van der Waals surface area contributed by atoms with E-state index in [1.165, 1.54) is 180 Å². The van der Waals surface area contributed by atoms with Crippen LogP contribution in [0.5, 0.6) is 0 Å². The van der Waals surface area contributed by atoms with Crippen molar-refractivity contribution >= 4 is 11.9 Å². The van der Waals surface area contributed by atoms with Crippen LogP contribution in [-0.2, 0) is 23.8 Å². The number of carbonyl (C=O) groups excluding carboxylic acids is 2. The molecule has 7 unspecified atom stereocenters. The fourth-order valence-electron chi connectivity index (χ4n) is 10.4. The lowest BCUT2D eigenvalue weighted by Gasteiger charge is -2.40. The van der Waals surface area contributed by atoms with Gasteiger partial charge in [0.15, 0.2) is 6.29 Å². The van der Waals surface area contributed by atoms with Gasteiger partial charge in [0, 0.05) is 12.8 Å². The van der Waals surface area contributed by atoms with Crippen LogP contribution in [-0.4, -0.2) is 100 Å². The average molecular weight is 1150 g/mol. The number of amides is 1. The van der Waals surface area contributed by atoms with E-state index >= 15 is 0 Å². The first-order chi connectivity index (χ1) is 40.2. The van der Waals surface area contributed by atoms with E-state index in [-0.39, 0.29) is 18.5 Å². The molecular formula is C71H127NO10. The number of ether oxygens (including phenoxy) is 3. The molecule has 1 fully saturated rings. The summed E-state index contributed by atoms with van der Waals surface area (Å²) in [7, 11) is 0. The largest absolute Gasteiger partial charge is 0.466 e. The molecule has 1 amide bonds. The molecule has 0 aliphatic carbocycles. The molecule has 82 heavy (non-hydrogen) atoms. The Morgan fingerprint density at radius 1 is 0.463 bits per heavy atom. The van der Waals surface area contributed by atoms with Crippen LogP contribution < -0.4 is 5.32 Å². The van der Waals surface area contributed by atoms with Gasteiger partial charge < -0.3 is 45.1 Å². The van der Waals surface area contributed by atoms with Crippen molar-refractivity contribution in [1.29, 1.82) is 0 Å². The first kappa shape index (κ1) is 77.1. The van der Waals surface area contributed by atoms with Gasteiger partial charge in [0.2, 0.25) is 5.91 Å². The molecule has 0 saturated carbocycles. The predicted octanol–water partition coefficient (Wildman–Crippen LogP) is 17.1. The summed E-state index contributed by atoms with van der Waals surface area (Å²) in [5, 5.41) is 54.2. The van der Waals surface area contributed by atoms with Crippen molar-refractivity contribution in [3.05, 3.63) is 72.9 Å². The van der Waals surface area contributed by atoms with Gasteiger partial charge in [-0.15, -0.1) is 0 Å². The van der Waals surface area contributed by atoms with E-state index in [1.807, 2.05) is 6.08 Å². The van der Waals surface area contributed by atoms with Crippen molar-refractivity contribution in [2.24, 2.45) is 0 Å². The molecule has 0 radical (unpaired) electrons. The molecule has 11 heteroatoms. The summed E-state index contributed by atoms with van der Waals surface area (Å²) in [4.78, 5) is 25.1. The molecule has 1 saturated heterocycles. The Bertz CT molecular complexity index is 1590. The lowest BCUT2D eigenvalue weighted by molar-refractivity contribution is -0.302. The molecule has 1 aliphatic rings. The number of allylic oxidation sites excluding steroid dienone is 11. The van der Waals surface area contributed by atoms with Crippen LogP contribution in [0.2, 0.25) is 0 Å². The number of aliphatic hydroxyl groups is 5. The molecule has 0 aromatic heterocycles. The first-order valence-corrected chi connectivity index (χ1v) is 34.2. The van der Waals surface area contributed by atoms with E-state index in [4.69, 9.17) is 14.2 Å². The number of hydrogen-bond acceptors (Lipinski definition) is 10. The summed E-state index contributed by atoms with van der Waals surface area (Å²) in [6.45, 7) is 4.19. The van der Waals surface area contributed by atoms with Crippen LogP contribution in [0.15, 0.2) is 72.9 Å². The van der Waals surface area contributed by atoms with Gasteiger partial charge in [-0.05, 0) is 109 Å². The van der Waals surface area contributed by atoms with Crippen LogP contribution in [0.4, 0.5) is 0 Å². The number of aliphatic hydroxyl groups excluding tert-OH is 5. The zero-order valence-corrected chi connectivity index (χ0v) is 52.7. The molecule has 7 atom stereocenters. The highest BCUT2D eigenvalue weighted by molar-refractivity contribution is 5.76. The maximum absolute atomic E-state index is 13.0. The molecule has 6 N–H and O–H groups in total. The van der Waals surface area contributed by atoms with Crippen molar-refractivity contribution in [3.8, 4) is 0 Å². The van der Waals surface area contributed by atoms with E-state index in [0.29, 0.717) is 19.4 Å². The molecule has 0 spiro atoms. The maximum Gasteiger partial charge on any atom is 0.305 e. The molecule has 1 heterocycles. The zero-order valence-electron chi connectivity index (χ0n) is 52.7. The predicted molar refractivity (Wildman–Crippen MR) is 343 cm³/mol. The van der Waals surface area contributed by atoms with Crippen molar-refractivity contribution in [2.45, 2.75) is 346 Å². The van der Waals surface area contributed by atoms with Gasteiger partial charge in [0.1, 0.15) is 24.4 Å². The van der Waals surface area contributed by atoms with E-state index in [0.717, 1.165) is 96.3 Å². The summed E-state index contributed by atoms with van der Waals surface area (Å²) in [5.41, 5.74) is 0. The zero-order chi connectivity index (χ0) is 59.5. The second-order valence-electron chi connectivity index (χ2n) is 23.5. The van der Waals surface area contributed by atoms with Crippen LogP contribution in [0.3, 0.4) is 0 Å². The number of unbranched alkanes of at least 4 members (excludes halogenated alkanes) is 35. The number of rotatable bonds is 59. The Labute approximate surface area is 502 Å². The molecule has 1 aliphatic heterocycles. The van der Waals surface area contributed by atoms with E-state index in [2.05, 4.69) is 79.9 Å². The molecule has 1 rings (SSSR count). The Kier molecular flexibility index (Phi) is 56.2. The van der Waals surface area contributed by atoms with Gasteiger partial charge in [-0.3, -0.25) is 9.59 Å². The summed E-state index contributed by atoms with van der Waals surface area (Å²) in [6.07, 6.45) is 70.4. The van der Waals surface area contributed by atoms with Gasteiger partial charge in [-0.25, -0.2) is 0 Å². The summed E-state index contributed by atoms with van der Waals surface area (Å²) < 4.78 is 16.7. The Morgan fingerprint density at radius 2 is 0.866 bits per heavy atom. The number of hydrogen-bond donors (Lipinski definition) is 6. The Balaban J connectivity index is 1.97. The summed E-state index contributed by atoms with van der Waals surface area (Å²) >= 11 is 0. The van der Waals surface area contributed by atoms with Gasteiger partial charge >= 0.3 is 5.97 Å². The minimum Gasteiger partial charge on any atom is -0.466 e. The average Bonchev–Trinajstić information content (AvgIpc) is 3.50. The molecular weight excluding hydrogens is 1030 g/mol. The molecule has 0 bridgehead atoms. The third-order valence-corrected chi connectivity index (χ3v) is 15.8. The van der Waals surface area contributed by atoms with E-state index in [1.54, 1.807) is 6.08 Å². The fourth-order valence-corrected chi connectivity index (χ4v) is 10.4. The summed E-state index contributed by atoms with van der Waals surface area (Å²) in [5.74, 6) is -0.209. The van der Waals surface area contributed by atoms with Crippen molar-refractivity contribution < 1.29 is 49.3 Å². The standard InChI is InChI=1S/C71H127NO10/c1-3-5-7-9-11-13-15-16-17-18-26-30-33-36-39-43-47-51-55-59-67(76)80-60-56-52-48-44-40-37-34-31-28-25-23-21-19-20-22-24-27-29-32-35-38-42-46-50-54-58-66(75)72-63(62-81-71-70(79)69(78)68(77)65(61-73)82-71)64(74)57-53-49-45-41-14-12-10-8-6-4-2/h6,8,14,16-17,20-23,41,53,57,63-65,68-71,73-74,77-79H,3-5,7,9-13,15,18-19,24-40,42-52,54-56,58-62H2,1-2H3,(H,72,75)/b8-6+,17-16-,22-20-,23-21-,41-14+,57-53+. The van der Waals surface area contributed by atoms with Crippen molar-refractivity contribution in [1.82, 2.24) is 5.32 Å². The number of esters is 1. The van der Waals surface area contributed by atoms with Crippen molar-refractivity contribution in [2.75, 3.05) is 19.8 Å². The highest BCUT2D eigenvalue weighted by Gasteiger charge is 2.44. The molecule has 0 aromatic carbocycles. The van der Waals surface area contributed by atoms with Gasteiger partial charge in [-0.2, -0.15) is 0 Å². The van der Waals surface area contributed by atoms with Gasteiger partial charge in [-0.1, -0.05) is 254 Å². The second-order valence-corrected chi connectivity index (χ2v) is 23.5. The maximum atomic E-state index is 13.0. The highest BCUT2D eigenvalue weighted by Crippen LogP contribution is 2.23. The molecule has 476 valence electrons. The minimum absolute atomic E-state index is 0.00322. The van der Waals surface area contributed by atoms with Crippen LogP contribution >= 0.6 is 0 Å². The molecule has 0 aromatic rings. The number of nitrogens with one attached hydrogen (secondary N) is 1. The van der Waals surface area contributed by atoms with Crippen LogP contribution in [0.1, 0.15) is 303 Å². The quantitative estimate of drug-likeness (QED) is 0.0195. The fraction of sp³-hybridized carbons (Fsp3) is 0.803. The third kappa shape index (κ3) is 48.3. The molecule has 11 nitrogen and oxygen atoms in total. The van der Waals surface area contributed by atoms with Crippen molar-refractivity contribution in [3.63, 3.8) is 0 Å². The SMILES string of the molecule is CC/C=C/CC/C=C/CC/C=C/C(O)C(COC1OC(CO)C(O)C(O)C1O)NC(=O)CCCCCCCCCCC/C=C\C/C=C\CCCCCCCCCCCOC(=O)CCCCCCCCCCC/C=C\CCCCCCCC. The Hall–Kier alpha value is -2.90. The lowest BCUT2D eigenvalue weighted by Crippen LogP contribution is -2.60. The monoisotopic (exact) mass is 1150 g/mol. The summed E-state index contributed by atoms with van der Waals surface area (Å²) in [6, 6.07) is -0.840. The number of carbonyl (C=O) groups is 2. The topological polar surface area (TPSA) is 175 Å². The normalized spacial score (nSPS) is 18.6. The minimum atomic E-state index is -1.58. The second kappa shape index (κ2) is 59.8. The third-order valence-electron chi connectivity index (χ3n) is 15.8. The van der Waals surface area contributed by atoms with Crippen LogP contribution in [0, 0.1) is 0 Å². The smallest absolute Gasteiger partial charge is 0.305 e. The van der Waals surface area contributed by atoms with Gasteiger partial charge in [0.05, 0.1) is 32.0 Å². The lowest BCUT2D eigenvalue weighted by atomic mass is 9.99. The van der Waals surface area contributed by atoms with E-state index < -0.39 is 49.5 Å². The van der Waals surface area contributed by atoms with Crippen LogP contribution in [0.25, 0.3) is 0 Å². The first-order valence-electron chi connectivity index (χ1n) is 34.2. The Morgan fingerprint density at radius 3 is 1.34 bits per heavy atom.